The molecule has 0 bridgehead atoms. The summed E-state index contributed by atoms with van der Waals surface area (Å²) in [5, 5.41) is 2.83. The van der Waals surface area contributed by atoms with Crippen molar-refractivity contribution in [1.29, 1.82) is 0 Å². The average Bonchev–Trinajstić information content (AvgIpc) is 2.81. The van der Waals surface area contributed by atoms with Gasteiger partial charge in [-0.25, -0.2) is 4.98 Å². The fourth-order valence-corrected chi connectivity index (χ4v) is 2.14. The molecule has 0 aliphatic carbocycles. The topological polar surface area (TPSA) is 83.8 Å². The molecule has 1 aromatic heterocycles. The van der Waals surface area contributed by atoms with Gasteiger partial charge in [-0.3, -0.25) is 4.79 Å². The number of carbonyl (C=O) groups excluding carboxylic acids is 1. The van der Waals surface area contributed by atoms with Gasteiger partial charge < -0.3 is 16.0 Å². The minimum atomic E-state index is -0.741. The molecule has 1 rings (SSSR count). The lowest BCUT2D eigenvalue weighted by Gasteiger charge is -2.28. The highest BCUT2D eigenvalue weighted by atomic mass is 32.1. The molecule has 1 aromatic rings. The molecule has 0 unspecified atom stereocenters. The van der Waals surface area contributed by atoms with E-state index in [1.165, 1.54) is 0 Å². The van der Waals surface area contributed by atoms with Gasteiger partial charge in [0, 0.05) is 6.20 Å². The van der Waals surface area contributed by atoms with Crippen molar-refractivity contribution in [2.24, 2.45) is 11.1 Å². The highest BCUT2D eigenvalue weighted by molar-refractivity contribution is 7.80. The largest absolute Gasteiger partial charge is 0.392 e. The number of nitrogens with one attached hydrogen (secondary N) is 2. The molecule has 4 N–H and O–H groups in total. The van der Waals surface area contributed by atoms with Gasteiger partial charge in [0.2, 0.25) is 5.91 Å². The highest BCUT2D eigenvalue weighted by Gasteiger charge is 2.37. The van der Waals surface area contributed by atoms with Crippen LogP contribution in [0.4, 0.5) is 0 Å². The van der Waals surface area contributed by atoms with Crippen molar-refractivity contribution in [2.45, 2.75) is 33.2 Å². The Morgan fingerprint density at radius 2 is 2.24 bits per heavy atom. The maximum absolute atomic E-state index is 12.2. The van der Waals surface area contributed by atoms with Crippen LogP contribution in [0, 0.1) is 5.41 Å². The van der Waals surface area contributed by atoms with E-state index in [2.05, 4.69) is 15.3 Å². The molecular formula is C11H18N4OS. The Balaban J connectivity index is 2.69. The number of aromatic nitrogens is 2. The summed E-state index contributed by atoms with van der Waals surface area (Å²) in [7, 11) is 0. The fourth-order valence-electron chi connectivity index (χ4n) is 1.76. The molecule has 1 heterocycles. The van der Waals surface area contributed by atoms with E-state index in [1.807, 2.05) is 13.8 Å². The molecule has 17 heavy (non-hydrogen) atoms. The highest BCUT2D eigenvalue weighted by Crippen LogP contribution is 2.27. The molecular weight excluding hydrogens is 236 g/mol. The van der Waals surface area contributed by atoms with Crippen LogP contribution in [0.15, 0.2) is 12.5 Å². The van der Waals surface area contributed by atoms with Gasteiger partial charge in [0.05, 0.1) is 29.0 Å². The number of imidazole rings is 1. The van der Waals surface area contributed by atoms with E-state index in [0.29, 0.717) is 19.4 Å². The summed E-state index contributed by atoms with van der Waals surface area (Å²) in [6.45, 7) is 4.24. The maximum Gasteiger partial charge on any atom is 0.233 e. The van der Waals surface area contributed by atoms with Gasteiger partial charge in [-0.05, 0) is 12.8 Å². The van der Waals surface area contributed by atoms with E-state index in [0.717, 1.165) is 5.69 Å². The number of rotatable bonds is 6. The lowest BCUT2D eigenvalue weighted by molar-refractivity contribution is -0.128. The number of hydrogen-bond donors (Lipinski definition) is 3. The first-order chi connectivity index (χ1) is 8.06. The second kappa shape index (κ2) is 5.77. The average molecular weight is 254 g/mol. The standard InChI is InChI=1S/C11H18N4OS/c1-3-11(4-2,9(12)17)10(16)14-6-8-5-13-7-15-8/h5,7H,3-4,6H2,1-2H3,(H2,12,17)(H,13,15)(H,14,16). The quantitative estimate of drug-likeness (QED) is 0.664. The van der Waals surface area contributed by atoms with Gasteiger partial charge >= 0.3 is 0 Å². The van der Waals surface area contributed by atoms with Gasteiger partial charge in [-0.2, -0.15) is 0 Å². The lowest BCUT2D eigenvalue weighted by Crippen LogP contribution is -2.48. The van der Waals surface area contributed by atoms with Gasteiger partial charge in [-0.15, -0.1) is 0 Å². The zero-order valence-electron chi connectivity index (χ0n) is 10.1. The monoisotopic (exact) mass is 254 g/mol. The molecule has 5 nitrogen and oxygen atoms in total. The molecule has 0 aliphatic rings. The van der Waals surface area contributed by atoms with Crippen molar-refractivity contribution in [3.8, 4) is 0 Å². The van der Waals surface area contributed by atoms with Crippen LogP contribution < -0.4 is 11.1 Å². The molecule has 0 aliphatic heterocycles. The first kappa shape index (κ1) is 13.6. The molecule has 0 atom stereocenters. The first-order valence-electron chi connectivity index (χ1n) is 5.62. The van der Waals surface area contributed by atoms with E-state index < -0.39 is 5.41 Å². The molecule has 0 radical (unpaired) electrons. The van der Waals surface area contributed by atoms with E-state index >= 15 is 0 Å². The van der Waals surface area contributed by atoms with Gasteiger partial charge in [0.15, 0.2) is 0 Å². The number of H-pyrrole nitrogens is 1. The number of aromatic amines is 1. The third-order valence-corrected chi connectivity index (χ3v) is 3.50. The predicted molar refractivity (Wildman–Crippen MR) is 70.2 cm³/mol. The number of thiocarbonyl (C=S) groups is 1. The van der Waals surface area contributed by atoms with Crippen molar-refractivity contribution >= 4 is 23.1 Å². The Labute approximate surface area is 106 Å². The molecule has 1 amide bonds. The normalized spacial score (nSPS) is 11.2. The molecule has 0 spiro atoms. The minimum Gasteiger partial charge on any atom is -0.392 e. The van der Waals surface area contributed by atoms with Crippen molar-refractivity contribution in [1.82, 2.24) is 15.3 Å². The van der Waals surface area contributed by atoms with Crippen LogP contribution in [0.3, 0.4) is 0 Å². The zero-order valence-corrected chi connectivity index (χ0v) is 10.9. The van der Waals surface area contributed by atoms with Crippen molar-refractivity contribution < 1.29 is 4.79 Å². The predicted octanol–water partition coefficient (Wildman–Crippen LogP) is 1.12. The van der Waals surface area contributed by atoms with E-state index in [9.17, 15) is 4.79 Å². The van der Waals surface area contributed by atoms with Crippen LogP contribution in [-0.4, -0.2) is 20.9 Å². The fraction of sp³-hybridized carbons (Fsp3) is 0.545. The summed E-state index contributed by atoms with van der Waals surface area (Å²) < 4.78 is 0. The van der Waals surface area contributed by atoms with Crippen LogP contribution in [0.2, 0.25) is 0 Å². The van der Waals surface area contributed by atoms with Crippen LogP contribution in [-0.2, 0) is 11.3 Å². The van der Waals surface area contributed by atoms with Gasteiger partial charge in [-0.1, -0.05) is 26.1 Å². The number of amides is 1. The zero-order chi connectivity index (χ0) is 12.9. The molecule has 6 heteroatoms. The number of hydrogen-bond acceptors (Lipinski definition) is 3. The van der Waals surface area contributed by atoms with Crippen LogP contribution in [0.25, 0.3) is 0 Å². The molecule has 0 fully saturated rings. The van der Waals surface area contributed by atoms with Crippen LogP contribution in [0.5, 0.6) is 0 Å². The van der Waals surface area contributed by atoms with Crippen molar-refractivity contribution in [2.75, 3.05) is 0 Å². The second-order valence-electron chi connectivity index (χ2n) is 3.91. The third-order valence-electron chi connectivity index (χ3n) is 3.11. The summed E-state index contributed by atoms with van der Waals surface area (Å²) in [5.74, 6) is -0.121. The number of nitrogens with two attached hydrogens (primary N) is 1. The molecule has 0 saturated heterocycles. The van der Waals surface area contributed by atoms with Crippen LogP contribution in [0.1, 0.15) is 32.4 Å². The van der Waals surface area contributed by atoms with Gasteiger partial charge in [0.1, 0.15) is 0 Å². The summed E-state index contributed by atoms with van der Waals surface area (Å²) in [6.07, 6.45) is 4.45. The summed E-state index contributed by atoms with van der Waals surface area (Å²) in [6, 6.07) is 0. The Hall–Kier alpha value is -1.43. The number of nitrogens with zero attached hydrogens (tertiary/aromatic N) is 1. The summed E-state index contributed by atoms with van der Waals surface area (Å²) >= 11 is 5.01. The Kier molecular flexibility index (Phi) is 4.62. The van der Waals surface area contributed by atoms with Crippen molar-refractivity contribution in [3.05, 3.63) is 18.2 Å². The molecule has 94 valence electrons. The van der Waals surface area contributed by atoms with E-state index in [-0.39, 0.29) is 10.9 Å². The van der Waals surface area contributed by atoms with Crippen molar-refractivity contribution in [3.63, 3.8) is 0 Å². The molecule has 0 saturated carbocycles. The SMILES string of the molecule is CCC(CC)(C(=O)NCc1cnc[nH]1)C(N)=S. The summed E-state index contributed by atoms with van der Waals surface area (Å²) in [4.78, 5) is 19.2. The van der Waals surface area contributed by atoms with E-state index in [4.69, 9.17) is 18.0 Å². The lowest BCUT2D eigenvalue weighted by atomic mass is 9.81. The van der Waals surface area contributed by atoms with Crippen LogP contribution >= 0.6 is 12.2 Å². The first-order valence-corrected chi connectivity index (χ1v) is 6.03. The Morgan fingerprint density at radius 1 is 1.59 bits per heavy atom. The van der Waals surface area contributed by atoms with Gasteiger partial charge in [0.25, 0.3) is 0 Å². The van der Waals surface area contributed by atoms with E-state index in [1.54, 1.807) is 12.5 Å². The Bertz CT molecular complexity index is 384. The molecule has 0 aromatic carbocycles. The smallest absolute Gasteiger partial charge is 0.233 e. The second-order valence-corrected chi connectivity index (χ2v) is 4.35. The third kappa shape index (κ3) is 2.82. The maximum atomic E-state index is 12.2. The number of carbonyl (C=O) groups is 1. The minimum absolute atomic E-state index is 0.121. The Morgan fingerprint density at radius 3 is 2.65 bits per heavy atom. The summed E-state index contributed by atoms with van der Waals surface area (Å²) in [5.41, 5.74) is 5.80.